The molecule has 0 aliphatic carbocycles. The van der Waals surface area contributed by atoms with E-state index < -0.39 is 11.8 Å². The molecular weight excluding hydrogens is 375 g/mol. The van der Waals surface area contributed by atoms with Crippen LogP contribution < -0.4 is 16.4 Å². The Morgan fingerprint density at radius 2 is 1.96 bits per heavy atom. The fraction of sp³-hybridized carbons (Fsp3) is 0.429. The monoisotopic (exact) mass is 404 g/mol. The van der Waals surface area contributed by atoms with Crippen molar-refractivity contribution in [3.8, 4) is 0 Å². The summed E-state index contributed by atoms with van der Waals surface area (Å²) in [5.74, 6) is -0.462. The summed E-state index contributed by atoms with van der Waals surface area (Å²) in [6, 6.07) is 10.3. The zero-order valence-corrected chi connectivity index (χ0v) is 17.5. The van der Waals surface area contributed by atoms with Crippen LogP contribution in [0.2, 0.25) is 0 Å². The lowest BCUT2D eigenvalue weighted by molar-refractivity contribution is -0.121. The Bertz CT molecular complexity index is 772. The van der Waals surface area contributed by atoms with Gasteiger partial charge >= 0.3 is 0 Å². The number of hydrogen-bond acceptors (Lipinski definition) is 3. The van der Waals surface area contributed by atoms with E-state index in [-0.39, 0.29) is 11.2 Å². The highest BCUT2D eigenvalue weighted by molar-refractivity contribution is 7.10. The van der Waals surface area contributed by atoms with Crippen molar-refractivity contribution < 1.29 is 9.18 Å². The van der Waals surface area contributed by atoms with Crippen LogP contribution in [0, 0.1) is 11.7 Å². The normalized spacial score (nSPS) is 13.2. The highest BCUT2D eigenvalue weighted by Gasteiger charge is 2.22. The van der Waals surface area contributed by atoms with Crippen molar-refractivity contribution in [2.75, 3.05) is 19.6 Å². The van der Waals surface area contributed by atoms with E-state index in [0.717, 1.165) is 5.56 Å². The molecule has 2 rings (SSSR count). The van der Waals surface area contributed by atoms with Gasteiger partial charge in [-0.15, -0.1) is 11.3 Å². The van der Waals surface area contributed by atoms with Gasteiger partial charge in [0.2, 0.25) is 5.91 Å². The molecule has 2 aromatic rings. The summed E-state index contributed by atoms with van der Waals surface area (Å²) in [7, 11) is 0. The number of guanidine groups is 1. The molecule has 5 nitrogen and oxygen atoms in total. The van der Waals surface area contributed by atoms with Crippen molar-refractivity contribution in [3.63, 3.8) is 0 Å². The van der Waals surface area contributed by atoms with Crippen molar-refractivity contribution in [2.45, 2.75) is 32.6 Å². The van der Waals surface area contributed by atoms with Crippen LogP contribution in [0.1, 0.15) is 31.2 Å². The highest BCUT2D eigenvalue weighted by Crippen LogP contribution is 2.27. The van der Waals surface area contributed by atoms with Gasteiger partial charge in [-0.25, -0.2) is 4.39 Å². The average Bonchev–Trinajstić information content (AvgIpc) is 3.20. The maximum Gasteiger partial charge on any atom is 0.222 e. The number of nitrogens with two attached hydrogens (primary N) is 1. The second kappa shape index (κ2) is 10.2. The van der Waals surface area contributed by atoms with E-state index in [4.69, 9.17) is 10.7 Å². The number of primary amides is 1. The Morgan fingerprint density at radius 3 is 2.54 bits per heavy atom. The summed E-state index contributed by atoms with van der Waals surface area (Å²) in [4.78, 5) is 17.8. The van der Waals surface area contributed by atoms with Crippen molar-refractivity contribution in [1.82, 2.24) is 10.6 Å². The molecule has 0 aliphatic heterocycles. The number of halogens is 1. The molecule has 1 amide bonds. The first-order valence-electron chi connectivity index (χ1n) is 9.41. The predicted molar refractivity (Wildman–Crippen MR) is 114 cm³/mol. The molecule has 1 aromatic heterocycles. The van der Waals surface area contributed by atoms with Gasteiger partial charge in [0, 0.05) is 23.4 Å². The standard InChI is InChI=1S/C21H29FN4OS/c1-4-24-20(26-14-21(2,3)18-6-5-11-28-18)25-13-16(19(23)27)12-15-7-9-17(22)10-8-15/h5-11,16H,4,12-14H2,1-3H3,(H2,23,27)(H2,24,25,26). The molecule has 1 aromatic carbocycles. The van der Waals surface area contributed by atoms with Gasteiger partial charge in [0.15, 0.2) is 5.96 Å². The Morgan fingerprint density at radius 1 is 1.25 bits per heavy atom. The van der Waals surface area contributed by atoms with Crippen LogP contribution in [-0.4, -0.2) is 31.5 Å². The zero-order valence-electron chi connectivity index (χ0n) is 16.7. The number of rotatable bonds is 9. The van der Waals surface area contributed by atoms with Crippen molar-refractivity contribution in [3.05, 3.63) is 58.0 Å². The van der Waals surface area contributed by atoms with Crippen LogP contribution in [0.4, 0.5) is 4.39 Å². The van der Waals surface area contributed by atoms with Gasteiger partial charge in [-0.3, -0.25) is 9.79 Å². The maximum atomic E-state index is 13.1. The molecule has 4 N–H and O–H groups in total. The Hall–Kier alpha value is -2.41. The molecule has 152 valence electrons. The van der Waals surface area contributed by atoms with Crippen LogP contribution in [0.15, 0.2) is 46.8 Å². The van der Waals surface area contributed by atoms with E-state index in [0.29, 0.717) is 32.0 Å². The van der Waals surface area contributed by atoms with Crippen LogP contribution in [-0.2, 0) is 16.6 Å². The minimum absolute atomic E-state index is 0.0757. The molecule has 28 heavy (non-hydrogen) atoms. The first-order valence-corrected chi connectivity index (χ1v) is 10.3. The van der Waals surface area contributed by atoms with Gasteiger partial charge < -0.3 is 16.4 Å². The van der Waals surface area contributed by atoms with Crippen molar-refractivity contribution in [1.29, 1.82) is 0 Å². The number of nitrogens with one attached hydrogen (secondary N) is 2. The molecule has 0 spiro atoms. The second-order valence-electron chi connectivity index (χ2n) is 7.37. The predicted octanol–water partition coefficient (Wildman–Crippen LogP) is 3.06. The molecule has 0 saturated carbocycles. The minimum Gasteiger partial charge on any atom is -0.369 e. The summed E-state index contributed by atoms with van der Waals surface area (Å²) in [6.45, 7) is 8.00. The van der Waals surface area contributed by atoms with E-state index in [2.05, 4.69) is 35.9 Å². The fourth-order valence-electron chi connectivity index (χ4n) is 2.76. The number of carbonyl (C=O) groups excluding carboxylic acids is 1. The first kappa shape index (κ1) is 21.9. The quantitative estimate of drug-likeness (QED) is 0.444. The number of amides is 1. The second-order valence-corrected chi connectivity index (χ2v) is 8.31. The number of nitrogens with zero attached hydrogens (tertiary/aromatic N) is 1. The van der Waals surface area contributed by atoms with E-state index in [1.54, 1.807) is 23.5 Å². The smallest absolute Gasteiger partial charge is 0.222 e. The van der Waals surface area contributed by atoms with E-state index in [9.17, 15) is 9.18 Å². The number of carbonyl (C=O) groups is 1. The Labute approximate surface area is 170 Å². The van der Waals surface area contributed by atoms with Gasteiger partial charge in [-0.05, 0) is 42.5 Å². The SMILES string of the molecule is CCNC(=NCC(C)(C)c1cccs1)NCC(Cc1ccc(F)cc1)C(N)=O. The number of thiophene rings is 1. The Balaban J connectivity index is 2.00. The third kappa shape index (κ3) is 6.64. The van der Waals surface area contributed by atoms with Crippen molar-refractivity contribution >= 4 is 23.2 Å². The largest absolute Gasteiger partial charge is 0.369 e. The van der Waals surface area contributed by atoms with Crippen LogP contribution in [0.5, 0.6) is 0 Å². The van der Waals surface area contributed by atoms with Gasteiger partial charge in [-0.1, -0.05) is 32.0 Å². The molecular formula is C21H29FN4OS. The topological polar surface area (TPSA) is 79.5 Å². The van der Waals surface area contributed by atoms with Gasteiger partial charge in [0.25, 0.3) is 0 Å². The highest BCUT2D eigenvalue weighted by atomic mass is 32.1. The summed E-state index contributed by atoms with van der Waals surface area (Å²) in [5, 5.41) is 8.49. The molecule has 0 radical (unpaired) electrons. The minimum atomic E-state index is -0.417. The number of benzene rings is 1. The molecule has 1 atom stereocenters. The summed E-state index contributed by atoms with van der Waals surface area (Å²) >= 11 is 1.72. The molecule has 0 bridgehead atoms. The molecule has 7 heteroatoms. The summed E-state index contributed by atoms with van der Waals surface area (Å²) < 4.78 is 13.1. The molecule has 0 fully saturated rings. The van der Waals surface area contributed by atoms with Crippen LogP contribution in [0.3, 0.4) is 0 Å². The molecule has 0 aliphatic rings. The molecule has 1 heterocycles. The lowest BCUT2D eigenvalue weighted by Gasteiger charge is -2.22. The maximum absolute atomic E-state index is 13.1. The van der Waals surface area contributed by atoms with E-state index >= 15 is 0 Å². The van der Waals surface area contributed by atoms with Crippen LogP contribution >= 0.6 is 11.3 Å². The Kier molecular flexibility index (Phi) is 7.99. The van der Waals surface area contributed by atoms with Crippen molar-refractivity contribution in [2.24, 2.45) is 16.6 Å². The average molecular weight is 405 g/mol. The van der Waals surface area contributed by atoms with E-state index in [1.165, 1.54) is 17.0 Å². The lowest BCUT2D eigenvalue weighted by Crippen LogP contribution is -2.43. The molecule has 0 saturated heterocycles. The summed E-state index contributed by atoms with van der Waals surface area (Å²) in [5.41, 5.74) is 6.36. The number of aliphatic imine (C=N–C) groups is 1. The van der Waals surface area contributed by atoms with Gasteiger partial charge in [0.05, 0.1) is 12.5 Å². The zero-order chi connectivity index (χ0) is 20.6. The third-order valence-corrected chi connectivity index (χ3v) is 5.71. The fourth-order valence-corrected chi connectivity index (χ4v) is 3.60. The molecule has 1 unspecified atom stereocenters. The van der Waals surface area contributed by atoms with Crippen LogP contribution in [0.25, 0.3) is 0 Å². The lowest BCUT2D eigenvalue weighted by atomic mass is 9.92. The third-order valence-electron chi connectivity index (χ3n) is 4.48. The number of hydrogen-bond donors (Lipinski definition) is 3. The van der Waals surface area contributed by atoms with Gasteiger partial charge in [0.1, 0.15) is 5.82 Å². The van der Waals surface area contributed by atoms with E-state index in [1.807, 2.05) is 13.0 Å². The first-order chi connectivity index (χ1) is 13.3. The summed E-state index contributed by atoms with van der Waals surface area (Å²) in [6.07, 6.45) is 0.447. The van der Waals surface area contributed by atoms with Gasteiger partial charge in [-0.2, -0.15) is 0 Å².